The van der Waals surface area contributed by atoms with Gasteiger partial charge in [-0.2, -0.15) is 0 Å². The maximum Gasteiger partial charge on any atom is 0.335 e. The number of hydrogen-bond donors (Lipinski definition) is 2. The lowest BCUT2D eigenvalue weighted by molar-refractivity contribution is 0.0697. The fourth-order valence-electron chi connectivity index (χ4n) is 1.36. The Kier molecular flexibility index (Phi) is 3.00. The van der Waals surface area contributed by atoms with Gasteiger partial charge >= 0.3 is 5.97 Å². The van der Waals surface area contributed by atoms with E-state index in [9.17, 15) is 4.79 Å². The number of carbonyl (C=O) groups is 1. The van der Waals surface area contributed by atoms with Gasteiger partial charge in [0.05, 0.1) is 11.3 Å². The molecular formula is C12H11N3O2. The predicted octanol–water partition coefficient (Wildman–Crippen LogP) is 2.23. The van der Waals surface area contributed by atoms with Crippen molar-refractivity contribution >= 4 is 17.5 Å². The number of nitrogens with one attached hydrogen (secondary N) is 1. The number of aryl methyl sites for hydroxylation is 1. The number of hydrogen-bond acceptors (Lipinski definition) is 4. The first-order valence-corrected chi connectivity index (χ1v) is 5.05. The van der Waals surface area contributed by atoms with E-state index >= 15 is 0 Å². The molecule has 5 heteroatoms. The van der Waals surface area contributed by atoms with Gasteiger partial charge in [0.25, 0.3) is 0 Å². The number of carboxylic acid groups (broad SMARTS) is 1. The van der Waals surface area contributed by atoms with E-state index in [0.717, 1.165) is 11.4 Å². The summed E-state index contributed by atoms with van der Waals surface area (Å²) >= 11 is 0. The van der Waals surface area contributed by atoms with Gasteiger partial charge in [0.15, 0.2) is 5.82 Å². The molecule has 17 heavy (non-hydrogen) atoms. The number of aromatic nitrogens is 2. The fraction of sp³-hybridized carbons (Fsp3) is 0.0833. The Hall–Kier alpha value is -2.43. The zero-order valence-electron chi connectivity index (χ0n) is 9.21. The monoisotopic (exact) mass is 229 g/mol. The van der Waals surface area contributed by atoms with Crippen LogP contribution in [0.2, 0.25) is 0 Å². The van der Waals surface area contributed by atoms with Gasteiger partial charge < -0.3 is 10.4 Å². The first-order chi connectivity index (χ1) is 8.16. The molecule has 1 heterocycles. The largest absolute Gasteiger partial charge is 0.478 e. The number of rotatable bonds is 3. The SMILES string of the molecule is Cc1nccnc1Nc1ccc(C(=O)O)cc1. The highest BCUT2D eigenvalue weighted by molar-refractivity contribution is 5.88. The molecule has 2 N–H and O–H groups in total. The molecule has 0 saturated heterocycles. The lowest BCUT2D eigenvalue weighted by Crippen LogP contribution is -1.99. The van der Waals surface area contributed by atoms with Crippen LogP contribution >= 0.6 is 0 Å². The Morgan fingerprint density at radius 1 is 1.18 bits per heavy atom. The highest BCUT2D eigenvalue weighted by Gasteiger charge is 2.03. The summed E-state index contributed by atoms with van der Waals surface area (Å²) in [6, 6.07) is 6.46. The van der Waals surface area contributed by atoms with Gasteiger partial charge in [-0.05, 0) is 31.2 Å². The minimum Gasteiger partial charge on any atom is -0.478 e. The molecule has 0 saturated carbocycles. The predicted molar refractivity (Wildman–Crippen MR) is 63.5 cm³/mol. The second kappa shape index (κ2) is 4.61. The van der Waals surface area contributed by atoms with Gasteiger partial charge in [0.2, 0.25) is 0 Å². The molecule has 0 atom stereocenters. The van der Waals surface area contributed by atoms with Gasteiger partial charge in [-0.3, -0.25) is 4.98 Å². The summed E-state index contributed by atoms with van der Waals surface area (Å²) in [5.41, 5.74) is 1.82. The molecule has 0 aliphatic carbocycles. The van der Waals surface area contributed by atoms with Crippen molar-refractivity contribution in [2.75, 3.05) is 5.32 Å². The molecule has 0 bridgehead atoms. The van der Waals surface area contributed by atoms with Crippen molar-refractivity contribution < 1.29 is 9.90 Å². The summed E-state index contributed by atoms with van der Waals surface area (Å²) in [6.07, 6.45) is 3.22. The minimum absolute atomic E-state index is 0.256. The lowest BCUT2D eigenvalue weighted by atomic mass is 10.2. The number of aromatic carboxylic acids is 1. The van der Waals surface area contributed by atoms with Crippen LogP contribution in [0, 0.1) is 6.92 Å². The molecule has 2 aromatic rings. The highest BCUT2D eigenvalue weighted by atomic mass is 16.4. The molecule has 0 amide bonds. The second-order valence-corrected chi connectivity index (χ2v) is 3.50. The normalized spacial score (nSPS) is 9.94. The van der Waals surface area contributed by atoms with Crippen molar-refractivity contribution in [2.45, 2.75) is 6.92 Å². The lowest BCUT2D eigenvalue weighted by Gasteiger charge is -2.07. The van der Waals surface area contributed by atoms with Crippen LogP contribution in [0.5, 0.6) is 0 Å². The van der Waals surface area contributed by atoms with Gasteiger partial charge in [0.1, 0.15) is 0 Å². The topological polar surface area (TPSA) is 75.1 Å². The zero-order valence-corrected chi connectivity index (χ0v) is 9.21. The van der Waals surface area contributed by atoms with Crippen molar-refractivity contribution in [3.05, 3.63) is 47.9 Å². The molecule has 0 aliphatic heterocycles. The Balaban J connectivity index is 2.20. The average molecular weight is 229 g/mol. The quantitative estimate of drug-likeness (QED) is 0.844. The van der Waals surface area contributed by atoms with E-state index in [1.54, 1.807) is 24.5 Å². The van der Waals surface area contributed by atoms with E-state index in [-0.39, 0.29) is 5.56 Å². The van der Waals surface area contributed by atoms with Crippen LogP contribution in [0.3, 0.4) is 0 Å². The maximum atomic E-state index is 10.7. The zero-order chi connectivity index (χ0) is 12.3. The second-order valence-electron chi connectivity index (χ2n) is 3.50. The summed E-state index contributed by atoms with van der Waals surface area (Å²) in [6.45, 7) is 1.85. The van der Waals surface area contributed by atoms with Crippen molar-refractivity contribution in [1.82, 2.24) is 9.97 Å². The molecule has 0 radical (unpaired) electrons. The third-order valence-corrected chi connectivity index (χ3v) is 2.28. The standard InChI is InChI=1S/C12H11N3O2/c1-8-11(14-7-6-13-8)15-10-4-2-9(3-5-10)12(16)17/h2-7H,1H3,(H,14,15)(H,16,17). The first-order valence-electron chi connectivity index (χ1n) is 5.05. The Morgan fingerprint density at radius 3 is 2.41 bits per heavy atom. The van der Waals surface area contributed by atoms with Crippen molar-refractivity contribution in [3.8, 4) is 0 Å². The van der Waals surface area contributed by atoms with Crippen LogP contribution in [-0.2, 0) is 0 Å². The summed E-state index contributed by atoms with van der Waals surface area (Å²) in [4.78, 5) is 18.9. The summed E-state index contributed by atoms with van der Waals surface area (Å²) in [7, 11) is 0. The van der Waals surface area contributed by atoms with E-state index in [0.29, 0.717) is 5.82 Å². The average Bonchev–Trinajstić information content (AvgIpc) is 2.33. The molecule has 0 spiro atoms. The molecule has 1 aromatic heterocycles. The molecule has 1 aromatic carbocycles. The molecular weight excluding hydrogens is 218 g/mol. The van der Waals surface area contributed by atoms with Gasteiger partial charge in [-0.25, -0.2) is 9.78 Å². The van der Waals surface area contributed by atoms with Crippen LogP contribution in [-0.4, -0.2) is 21.0 Å². The fourth-order valence-corrected chi connectivity index (χ4v) is 1.36. The summed E-state index contributed by atoms with van der Waals surface area (Å²) in [5, 5.41) is 11.8. The van der Waals surface area contributed by atoms with E-state index in [4.69, 9.17) is 5.11 Å². The van der Waals surface area contributed by atoms with Crippen LogP contribution in [0.1, 0.15) is 16.1 Å². The van der Waals surface area contributed by atoms with Crippen molar-refractivity contribution in [2.24, 2.45) is 0 Å². The number of nitrogens with zero attached hydrogens (tertiary/aromatic N) is 2. The first kappa shape index (κ1) is 11.1. The van der Waals surface area contributed by atoms with E-state index < -0.39 is 5.97 Å². The Bertz CT molecular complexity index is 538. The molecule has 0 unspecified atom stereocenters. The summed E-state index contributed by atoms with van der Waals surface area (Å²) in [5.74, 6) is -0.275. The number of carboxylic acids is 1. The Labute approximate surface area is 98.2 Å². The van der Waals surface area contributed by atoms with E-state index in [1.807, 2.05) is 6.92 Å². The third kappa shape index (κ3) is 2.57. The van der Waals surface area contributed by atoms with Gasteiger partial charge in [0, 0.05) is 18.1 Å². The molecule has 5 nitrogen and oxygen atoms in total. The highest BCUT2D eigenvalue weighted by Crippen LogP contribution is 2.16. The van der Waals surface area contributed by atoms with Gasteiger partial charge in [-0.15, -0.1) is 0 Å². The van der Waals surface area contributed by atoms with Crippen LogP contribution < -0.4 is 5.32 Å². The number of benzene rings is 1. The van der Waals surface area contributed by atoms with Crippen LogP contribution in [0.15, 0.2) is 36.7 Å². The molecule has 0 aliphatic rings. The van der Waals surface area contributed by atoms with E-state index in [1.165, 1.54) is 12.1 Å². The van der Waals surface area contributed by atoms with Crippen LogP contribution in [0.4, 0.5) is 11.5 Å². The molecule has 86 valence electrons. The Morgan fingerprint density at radius 2 is 1.82 bits per heavy atom. The smallest absolute Gasteiger partial charge is 0.335 e. The van der Waals surface area contributed by atoms with E-state index in [2.05, 4.69) is 15.3 Å². The molecule has 2 rings (SSSR count). The van der Waals surface area contributed by atoms with Crippen molar-refractivity contribution in [3.63, 3.8) is 0 Å². The van der Waals surface area contributed by atoms with Gasteiger partial charge in [-0.1, -0.05) is 0 Å². The maximum absolute atomic E-state index is 10.7. The minimum atomic E-state index is -0.938. The summed E-state index contributed by atoms with van der Waals surface area (Å²) < 4.78 is 0. The third-order valence-electron chi connectivity index (χ3n) is 2.28. The molecule has 0 fully saturated rings. The van der Waals surface area contributed by atoms with Crippen molar-refractivity contribution in [1.29, 1.82) is 0 Å². The number of anilines is 2. The van der Waals surface area contributed by atoms with Crippen LogP contribution in [0.25, 0.3) is 0 Å².